The Balaban J connectivity index is 1.87. The van der Waals surface area contributed by atoms with E-state index in [1.807, 2.05) is 6.07 Å². The van der Waals surface area contributed by atoms with Crippen LogP contribution in [0.4, 0.5) is 0 Å². The van der Waals surface area contributed by atoms with Crippen LogP contribution < -0.4 is 0 Å². The Hall–Kier alpha value is -0.650. The van der Waals surface area contributed by atoms with E-state index in [2.05, 4.69) is 30.5 Å². The zero-order valence-electron chi connectivity index (χ0n) is 10.5. The topological polar surface area (TPSA) is 39.9 Å². The molecule has 1 aliphatic heterocycles. The molecule has 3 heterocycles. The zero-order valence-corrected chi connectivity index (χ0v) is 12.8. The Kier molecular flexibility index (Phi) is 4.05. The summed E-state index contributed by atoms with van der Waals surface area (Å²) in [6, 6.07) is 1.97. The first-order valence-corrected chi connectivity index (χ1v) is 7.79. The molecule has 3 rings (SSSR count). The Morgan fingerprint density at radius 3 is 3.16 bits per heavy atom. The number of fused-ring (bicyclic) bond motifs is 1. The number of ether oxygens (including phenoxy) is 1. The van der Waals surface area contributed by atoms with E-state index in [0.717, 1.165) is 47.5 Å². The van der Waals surface area contributed by atoms with Gasteiger partial charge in [-0.15, -0.1) is 11.6 Å². The minimum Gasteiger partial charge on any atom is -0.378 e. The monoisotopic (exact) mass is 343 g/mol. The first-order chi connectivity index (χ1) is 9.28. The molecule has 0 radical (unpaired) electrons. The first-order valence-electron chi connectivity index (χ1n) is 6.46. The van der Waals surface area contributed by atoms with Crippen LogP contribution in [0.25, 0.3) is 11.2 Å². The van der Waals surface area contributed by atoms with Gasteiger partial charge in [-0.3, -0.25) is 0 Å². The van der Waals surface area contributed by atoms with Gasteiger partial charge in [-0.25, -0.2) is 9.97 Å². The van der Waals surface area contributed by atoms with Crippen LogP contribution in [-0.4, -0.2) is 27.2 Å². The maximum atomic E-state index is 5.98. The molecule has 2 aromatic heterocycles. The number of halogens is 2. The Bertz CT molecular complexity index is 581. The van der Waals surface area contributed by atoms with Crippen LogP contribution >= 0.6 is 27.5 Å². The predicted octanol–water partition coefficient (Wildman–Crippen LogP) is 3.50. The highest BCUT2D eigenvalue weighted by Gasteiger charge is 2.17. The molecule has 4 nitrogen and oxygen atoms in total. The van der Waals surface area contributed by atoms with Crippen molar-refractivity contribution in [1.29, 1.82) is 0 Å². The molecule has 1 fully saturated rings. The smallest absolute Gasteiger partial charge is 0.160 e. The minimum atomic E-state index is 0.371. The van der Waals surface area contributed by atoms with Crippen molar-refractivity contribution in [3.63, 3.8) is 0 Å². The molecule has 1 aliphatic rings. The number of hydrogen-bond acceptors (Lipinski definition) is 3. The van der Waals surface area contributed by atoms with Crippen molar-refractivity contribution < 1.29 is 4.74 Å². The molecule has 0 aromatic carbocycles. The normalized spacial score (nSPS) is 19.4. The Labute approximate surface area is 125 Å². The van der Waals surface area contributed by atoms with Crippen molar-refractivity contribution in [1.82, 2.24) is 14.5 Å². The van der Waals surface area contributed by atoms with E-state index < -0.39 is 0 Å². The summed E-state index contributed by atoms with van der Waals surface area (Å²) in [4.78, 5) is 8.98. The van der Waals surface area contributed by atoms with Crippen LogP contribution in [0.3, 0.4) is 0 Å². The second kappa shape index (κ2) is 5.77. The molecule has 1 atom stereocenters. The second-order valence-electron chi connectivity index (χ2n) is 4.73. The van der Waals surface area contributed by atoms with Gasteiger partial charge in [0.25, 0.3) is 0 Å². The highest BCUT2D eigenvalue weighted by molar-refractivity contribution is 9.10. The summed E-state index contributed by atoms with van der Waals surface area (Å²) in [7, 11) is 0. The summed E-state index contributed by atoms with van der Waals surface area (Å²) in [5.74, 6) is 1.28. The third-order valence-corrected chi connectivity index (χ3v) is 4.12. The molecule has 6 heteroatoms. The fourth-order valence-corrected chi connectivity index (χ4v) is 3.04. The van der Waals surface area contributed by atoms with Crippen LogP contribution in [0, 0.1) is 0 Å². The molecule has 1 unspecified atom stereocenters. The average molecular weight is 345 g/mol. The van der Waals surface area contributed by atoms with Crippen molar-refractivity contribution in [2.45, 2.75) is 37.8 Å². The van der Waals surface area contributed by atoms with Gasteiger partial charge in [0.05, 0.1) is 12.0 Å². The molecular weight excluding hydrogens is 330 g/mol. The van der Waals surface area contributed by atoms with E-state index >= 15 is 0 Å². The first kappa shape index (κ1) is 13.3. The molecule has 1 saturated heterocycles. The van der Waals surface area contributed by atoms with Crippen LogP contribution in [-0.2, 0) is 17.2 Å². The molecule has 0 amide bonds. The molecule has 102 valence electrons. The second-order valence-corrected chi connectivity index (χ2v) is 5.92. The van der Waals surface area contributed by atoms with E-state index in [0.29, 0.717) is 12.0 Å². The van der Waals surface area contributed by atoms with Crippen LogP contribution in [0.15, 0.2) is 16.7 Å². The number of aromatic nitrogens is 3. The van der Waals surface area contributed by atoms with Gasteiger partial charge in [-0.1, -0.05) is 0 Å². The zero-order chi connectivity index (χ0) is 13.2. The lowest BCUT2D eigenvalue weighted by Gasteiger charge is -2.11. The van der Waals surface area contributed by atoms with E-state index in [1.54, 1.807) is 6.20 Å². The number of pyridine rings is 1. The van der Waals surface area contributed by atoms with Gasteiger partial charge in [0, 0.05) is 23.8 Å². The molecule has 19 heavy (non-hydrogen) atoms. The molecule has 2 aromatic rings. The highest BCUT2D eigenvalue weighted by Crippen LogP contribution is 2.22. The lowest BCUT2D eigenvalue weighted by atomic mass is 10.2. The standard InChI is InChI=1S/C13H15BrClN3O/c14-9-6-11-13(16-8-9)18(12(7-15)17-11)4-3-10-2-1-5-19-10/h6,8,10H,1-5,7H2. The molecule has 0 spiro atoms. The molecule has 0 N–H and O–H groups in total. The van der Waals surface area contributed by atoms with E-state index in [1.165, 1.54) is 6.42 Å². The summed E-state index contributed by atoms with van der Waals surface area (Å²) in [6.45, 7) is 1.75. The molecule has 0 saturated carbocycles. The lowest BCUT2D eigenvalue weighted by Crippen LogP contribution is -2.12. The van der Waals surface area contributed by atoms with E-state index in [-0.39, 0.29) is 0 Å². The summed E-state index contributed by atoms with van der Waals surface area (Å²) < 4.78 is 8.70. The van der Waals surface area contributed by atoms with Gasteiger partial charge >= 0.3 is 0 Å². The molecule has 0 aliphatic carbocycles. The maximum Gasteiger partial charge on any atom is 0.160 e. The van der Waals surface area contributed by atoms with Gasteiger partial charge in [0.2, 0.25) is 0 Å². The predicted molar refractivity (Wildman–Crippen MR) is 78.4 cm³/mol. The van der Waals surface area contributed by atoms with Gasteiger partial charge in [-0.05, 0) is 41.3 Å². The summed E-state index contributed by atoms with van der Waals surface area (Å²) in [5.41, 5.74) is 1.79. The highest BCUT2D eigenvalue weighted by atomic mass is 79.9. The number of hydrogen-bond donors (Lipinski definition) is 0. The van der Waals surface area contributed by atoms with Gasteiger partial charge < -0.3 is 9.30 Å². The fourth-order valence-electron chi connectivity index (χ4n) is 2.52. The number of imidazole rings is 1. The number of aryl methyl sites for hydroxylation is 1. The molecule has 0 bridgehead atoms. The van der Waals surface area contributed by atoms with Crippen LogP contribution in [0.5, 0.6) is 0 Å². The lowest BCUT2D eigenvalue weighted by molar-refractivity contribution is 0.100. The Morgan fingerprint density at radius 1 is 1.53 bits per heavy atom. The van der Waals surface area contributed by atoms with E-state index in [4.69, 9.17) is 16.3 Å². The maximum absolute atomic E-state index is 5.98. The SMILES string of the molecule is ClCc1nc2cc(Br)cnc2n1CCC1CCCO1. The van der Waals surface area contributed by atoms with Crippen LogP contribution in [0.2, 0.25) is 0 Å². The average Bonchev–Trinajstić information content (AvgIpc) is 3.02. The number of rotatable bonds is 4. The quantitative estimate of drug-likeness (QED) is 0.797. The summed E-state index contributed by atoms with van der Waals surface area (Å²) >= 11 is 9.40. The van der Waals surface area contributed by atoms with Crippen LogP contribution in [0.1, 0.15) is 25.1 Å². The number of alkyl halides is 1. The van der Waals surface area contributed by atoms with Gasteiger partial charge in [0.15, 0.2) is 5.65 Å². The largest absolute Gasteiger partial charge is 0.378 e. The minimum absolute atomic E-state index is 0.371. The Morgan fingerprint density at radius 2 is 2.42 bits per heavy atom. The summed E-state index contributed by atoms with van der Waals surface area (Å²) in [5, 5.41) is 0. The van der Waals surface area contributed by atoms with Crippen molar-refractivity contribution in [2.24, 2.45) is 0 Å². The van der Waals surface area contributed by atoms with Crippen molar-refractivity contribution in [2.75, 3.05) is 6.61 Å². The van der Waals surface area contributed by atoms with E-state index in [9.17, 15) is 0 Å². The third-order valence-electron chi connectivity index (χ3n) is 3.45. The molecular formula is C13H15BrClN3O. The van der Waals surface area contributed by atoms with Gasteiger partial charge in [0.1, 0.15) is 11.3 Å². The fraction of sp³-hybridized carbons (Fsp3) is 0.538. The third kappa shape index (κ3) is 2.78. The van der Waals surface area contributed by atoms with Crippen molar-refractivity contribution in [3.8, 4) is 0 Å². The van der Waals surface area contributed by atoms with Crippen molar-refractivity contribution >= 4 is 38.7 Å². The summed E-state index contributed by atoms with van der Waals surface area (Å²) in [6.07, 6.45) is 5.48. The van der Waals surface area contributed by atoms with Gasteiger partial charge in [-0.2, -0.15) is 0 Å². The van der Waals surface area contributed by atoms with Crippen molar-refractivity contribution in [3.05, 3.63) is 22.6 Å². The number of nitrogens with zero attached hydrogens (tertiary/aromatic N) is 3.